The molecule has 0 aliphatic carbocycles. The largest absolute Gasteiger partial charge is 0.493 e. The lowest BCUT2D eigenvalue weighted by Crippen LogP contribution is -2.23. The first-order valence-electron chi connectivity index (χ1n) is 10.0. The van der Waals surface area contributed by atoms with Crippen LogP contribution in [0.25, 0.3) is 11.2 Å². The molecule has 0 radical (unpaired) electrons. The number of methoxy groups -OCH3 is 1. The Labute approximate surface area is 182 Å². The van der Waals surface area contributed by atoms with Crippen LogP contribution in [0.15, 0.2) is 55.1 Å². The predicted molar refractivity (Wildman–Crippen MR) is 112 cm³/mol. The number of rotatable bonds is 5. The number of ether oxygens (including phenoxy) is 3. The van der Waals surface area contributed by atoms with Crippen molar-refractivity contribution in [3.63, 3.8) is 0 Å². The topological polar surface area (TPSA) is 71.3 Å². The minimum Gasteiger partial charge on any atom is -0.493 e. The monoisotopic (exact) mass is 438 g/mol. The van der Waals surface area contributed by atoms with Gasteiger partial charge in [-0.15, -0.1) is 0 Å². The molecule has 32 heavy (non-hydrogen) atoms. The Bertz CT molecular complexity index is 1250. The van der Waals surface area contributed by atoms with Gasteiger partial charge in [-0.25, -0.2) is 9.97 Å². The Hall–Kier alpha value is -3.75. The van der Waals surface area contributed by atoms with E-state index in [2.05, 4.69) is 15.0 Å². The smallest absolute Gasteiger partial charge is 0.286 e. The van der Waals surface area contributed by atoms with Crippen LogP contribution in [-0.2, 0) is 12.5 Å². The third-order valence-corrected chi connectivity index (χ3v) is 5.29. The zero-order chi connectivity index (χ0) is 22.3. The molecule has 0 saturated heterocycles. The molecule has 0 bridgehead atoms. The van der Waals surface area contributed by atoms with Gasteiger partial charge in [-0.05, 0) is 35.9 Å². The predicted octanol–water partition coefficient (Wildman–Crippen LogP) is 4.51. The molecule has 4 aromatic rings. The third kappa shape index (κ3) is 3.70. The second-order valence-corrected chi connectivity index (χ2v) is 7.63. The molecule has 1 atom stereocenters. The third-order valence-electron chi connectivity index (χ3n) is 5.29. The number of imidazole rings is 1. The summed E-state index contributed by atoms with van der Waals surface area (Å²) in [4.78, 5) is 12.6. The lowest BCUT2D eigenvalue weighted by Gasteiger charge is -2.28. The van der Waals surface area contributed by atoms with E-state index in [4.69, 9.17) is 14.2 Å². The van der Waals surface area contributed by atoms with Gasteiger partial charge < -0.3 is 18.8 Å². The van der Waals surface area contributed by atoms with E-state index in [-0.39, 0.29) is 12.3 Å². The average molecular weight is 438 g/mol. The number of alkyl halides is 2. The molecule has 0 N–H and O–H groups in total. The fraction of sp³-hybridized carbons (Fsp3) is 0.261. The van der Waals surface area contributed by atoms with Gasteiger partial charge in [0.15, 0.2) is 23.3 Å². The van der Waals surface area contributed by atoms with Crippen molar-refractivity contribution < 1.29 is 23.0 Å². The zero-order valence-corrected chi connectivity index (χ0v) is 17.5. The van der Waals surface area contributed by atoms with Crippen molar-refractivity contribution in [2.45, 2.75) is 25.5 Å². The Morgan fingerprint density at radius 3 is 2.81 bits per heavy atom. The summed E-state index contributed by atoms with van der Waals surface area (Å²) in [5.41, 5.74) is 2.90. The number of pyridine rings is 2. The van der Waals surface area contributed by atoms with Gasteiger partial charge >= 0.3 is 0 Å². The Morgan fingerprint density at radius 2 is 2.06 bits per heavy atom. The highest BCUT2D eigenvalue weighted by Gasteiger charge is 2.29. The molecule has 0 spiro atoms. The van der Waals surface area contributed by atoms with Gasteiger partial charge in [0.25, 0.3) is 5.92 Å². The van der Waals surface area contributed by atoms with Crippen molar-refractivity contribution in [1.82, 2.24) is 19.5 Å². The van der Waals surface area contributed by atoms with Crippen molar-refractivity contribution in [2.75, 3.05) is 13.7 Å². The summed E-state index contributed by atoms with van der Waals surface area (Å²) < 4.78 is 46.4. The minimum absolute atomic E-state index is 0.221. The maximum absolute atomic E-state index is 13.4. The van der Waals surface area contributed by atoms with E-state index in [0.717, 1.165) is 23.7 Å². The summed E-state index contributed by atoms with van der Waals surface area (Å²) in [6.45, 7) is 1.57. The van der Waals surface area contributed by atoms with Crippen molar-refractivity contribution in [3.05, 3.63) is 71.9 Å². The molecule has 1 aliphatic rings. The Balaban J connectivity index is 1.41. The van der Waals surface area contributed by atoms with Crippen molar-refractivity contribution in [3.8, 4) is 17.2 Å². The van der Waals surface area contributed by atoms with Crippen molar-refractivity contribution in [2.24, 2.45) is 0 Å². The molecule has 4 heterocycles. The van der Waals surface area contributed by atoms with Crippen molar-refractivity contribution in [1.29, 1.82) is 0 Å². The van der Waals surface area contributed by atoms with Gasteiger partial charge in [0.1, 0.15) is 17.8 Å². The quantitative estimate of drug-likeness (QED) is 0.457. The first-order valence-corrected chi connectivity index (χ1v) is 10.0. The molecular weight excluding hydrogens is 418 g/mol. The summed E-state index contributed by atoms with van der Waals surface area (Å²) >= 11 is 0. The molecular formula is C23H20F2N4O3. The van der Waals surface area contributed by atoms with Crippen LogP contribution in [-0.4, -0.2) is 33.2 Å². The van der Waals surface area contributed by atoms with Crippen LogP contribution in [0.4, 0.5) is 8.78 Å². The Morgan fingerprint density at radius 1 is 1.19 bits per heavy atom. The summed E-state index contributed by atoms with van der Waals surface area (Å²) in [7, 11) is 1.56. The van der Waals surface area contributed by atoms with Gasteiger partial charge in [0.2, 0.25) is 5.75 Å². The van der Waals surface area contributed by atoms with Crippen LogP contribution >= 0.6 is 0 Å². The minimum atomic E-state index is -3.00. The molecule has 9 heteroatoms. The maximum atomic E-state index is 13.4. The van der Waals surface area contributed by atoms with Crippen LogP contribution in [0, 0.1) is 0 Å². The Kier molecular flexibility index (Phi) is 4.88. The zero-order valence-electron chi connectivity index (χ0n) is 17.5. The average Bonchev–Trinajstić information content (AvgIpc) is 3.20. The van der Waals surface area contributed by atoms with Crippen LogP contribution in [0.3, 0.4) is 0 Å². The number of hydrogen-bond acceptors (Lipinski definition) is 6. The highest BCUT2D eigenvalue weighted by molar-refractivity contribution is 5.70. The van der Waals surface area contributed by atoms with Gasteiger partial charge in [-0.2, -0.15) is 8.78 Å². The number of aromatic nitrogens is 4. The van der Waals surface area contributed by atoms with E-state index in [0.29, 0.717) is 29.4 Å². The summed E-state index contributed by atoms with van der Waals surface area (Å²) in [6.07, 6.45) is 4.38. The second kappa shape index (κ2) is 7.74. The number of fused-ring (bicyclic) bond motifs is 2. The lowest BCUT2D eigenvalue weighted by atomic mass is 10.1. The second-order valence-electron chi connectivity index (χ2n) is 7.63. The van der Waals surface area contributed by atoms with Gasteiger partial charge in [0.05, 0.1) is 20.0 Å². The summed E-state index contributed by atoms with van der Waals surface area (Å²) in [6, 6.07) is 10.4. The van der Waals surface area contributed by atoms with E-state index in [1.54, 1.807) is 25.7 Å². The summed E-state index contributed by atoms with van der Waals surface area (Å²) in [5, 5.41) is 0. The molecule has 1 aromatic carbocycles. The van der Waals surface area contributed by atoms with E-state index in [1.807, 2.05) is 28.8 Å². The van der Waals surface area contributed by atoms with Gasteiger partial charge in [-0.1, -0.05) is 6.07 Å². The molecule has 3 aromatic heterocycles. The first kappa shape index (κ1) is 20.2. The lowest BCUT2D eigenvalue weighted by molar-refractivity contribution is 0.0126. The van der Waals surface area contributed by atoms with Crippen molar-refractivity contribution >= 4 is 11.2 Å². The van der Waals surface area contributed by atoms with Gasteiger partial charge in [0, 0.05) is 24.9 Å². The highest BCUT2D eigenvalue weighted by atomic mass is 19.3. The fourth-order valence-electron chi connectivity index (χ4n) is 3.67. The molecule has 1 aliphatic heterocycles. The number of nitrogens with zero attached hydrogens (tertiary/aromatic N) is 4. The van der Waals surface area contributed by atoms with E-state index >= 15 is 0 Å². The summed E-state index contributed by atoms with van der Waals surface area (Å²) in [5.74, 6) is -1.46. The van der Waals surface area contributed by atoms with Crippen LogP contribution in [0.2, 0.25) is 0 Å². The fourth-order valence-corrected chi connectivity index (χ4v) is 3.67. The molecule has 164 valence electrons. The van der Waals surface area contributed by atoms with Crippen LogP contribution in [0.5, 0.6) is 17.2 Å². The molecule has 0 unspecified atom stereocenters. The molecule has 0 amide bonds. The highest BCUT2D eigenvalue weighted by Crippen LogP contribution is 2.44. The normalized spacial score (nSPS) is 15.7. The SMILES string of the molecule is COc1cc(Cn2cnc3cccnc32)cc2c1O[C@H](c1ccc(C(C)(F)F)nc1)CO2. The number of hydrogen-bond donors (Lipinski definition) is 0. The molecule has 7 nitrogen and oxygen atoms in total. The van der Waals surface area contributed by atoms with Crippen LogP contribution < -0.4 is 14.2 Å². The molecule has 0 saturated carbocycles. The van der Waals surface area contributed by atoms with Gasteiger partial charge in [-0.3, -0.25) is 4.98 Å². The maximum Gasteiger partial charge on any atom is 0.286 e. The number of benzene rings is 1. The number of halogens is 2. The standard InChI is InChI=1S/C23H20F2N4O3/c1-23(24,25)20-6-5-15(10-27-20)19-12-31-18-9-14(8-17(30-2)21(18)32-19)11-29-13-28-16-4-3-7-26-22(16)29/h3-10,13,19H,11-12H2,1-2H3/t19-/m0/s1. The van der Waals surface area contributed by atoms with E-state index < -0.39 is 12.0 Å². The van der Waals surface area contributed by atoms with Crippen LogP contribution in [0.1, 0.15) is 29.8 Å². The molecule has 5 rings (SSSR count). The van der Waals surface area contributed by atoms with E-state index in [9.17, 15) is 8.78 Å². The van der Waals surface area contributed by atoms with E-state index in [1.165, 1.54) is 12.3 Å². The first-order chi connectivity index (χ1) is 15.4. The molecule has 0 fully saturated rings.